The quantitative estimate of drug-likeness (QED) is 0.737. The molecule has 20 heavy (non-hydrogen) atoms. The average molecular weight is 261 g/mol. The van der Waals surface area contributed by atoms with Crippen molar-refractivity contribution in [1.82, 2.24) is 0 Å². The van der Waals surface area contributed by atoms with Crippen LogP contribution in [-0.2, 0) is 6.54 Å². The topological polar surface area (TPSA) is 3.24 Å². The highest BCUT2D eigenvalue weighted by Crippen LogP contribution is 2.25. The van der Waals surface area contributed by atoms with E-state index < -0.39 is 0 Å². The first kappa shape index (κ1) is 12.8. The number of para-hydroxylation sites is 1. The highest BCUT2D eigenvalue weighted by Gasteiger charge is 2.15. The number of anilines is 1. The van der Waals surface area contributed by atoms with Crippen LogP contribution in [0.3, 0.4) is 0 Å². The number of benzene rings is 2. The van der Waals surface area contributed by atoms with E-state index in [0.717, 1.165) is 24.2 Å². The second kappa shape index (κ2) is 5.43. The van der Waals surface area contributed by atoms with E-state index in [4.69, 9.17) is 0 Å². The lowest BCUT2D eigenvalue weighted by Gasteiger charge is -2.29. The lowest BCUT2D eigenvalue weighted by atomic mass is 10.0. The standard InChI is InChI=1S/C19H19N/c1-15(2)13-20-14-18-9-4-3-7-16(18)11-12-17-8-5-6-10-19(17)20/h3-10,15H,13-14H2,1-2H3. The zero-order valence-electron chi connectivity index (χ0n) is 12.1. The molecule has 100 valence electrons. The molecule has 1 aliphatic rings. The Morgan fingerprint density at radius 2 is 1.60 bits per heavy atom. The molecular formula is C19H19N. The Hall–Kier alpha value is -2.20. The Labute approximate surface area is 121 Å². The van der Waals surface area contributed by atoms with E-state index >= 15 is 0 Å². The van der Waals surface area contributed by atoms with E-state index in [-0.39, 0.29) is 0 Å². The van der Waals surface area contributed by atoms with E-state index in [9.17, 15) is 0 Å². The Morgan fingerprint density at radius 3 is 2.40 bits per heavy atom. The largest absolute Gasteiger partial charge is 0.366 e. The Morgan fingerprint density at radius 1 is 0.950 bits per heavy atom. The first-order valence-corrected chi connectivity index (χ1v) is 7.18. The van der Waals surface area contributed by atoms with Crippen molar-refractivity contribution in [2.75, 3.05) is 11.4 Å². The second-order valence-electron chi connectivity index (χ2n) is 5.70. The van der Waals surface area contributed by atoms with Gasteiger partial charge in [-0.15, -0.1) is 0 Å². The Bertz CT molecular complexity index is 673. The lowest BCUT2D eigenvalue weighted by molar-refractivity contribution is 0.608. The van der Waals surface area contributed by atoms with Crippen LogP contribution in [0.4, 0.5) is 5.69 Å². The van der Waals surface area contributed by atoms with Crippen molar-refractivity contribution < 1.29 is 0 Å². The molecule has 0 saturated heterocycles. The van der Waals surface area contributed by atoms with Gasteiger partial charge in [-0.05, 0) is 29.7 Å². The van der Waals surface area contributed by atoms with E-state index in [1.54, 1.807) is 0 Å². The third-order valence-electron chi connectivity index (χ3n) is 3.54. The maximum atomic E-state index is 3.33. The fraction of sp³-hybridized carbons (Fsp3) is 0.263. The van der Waals surface area contributed by atoms with Crippen molar-refractivity contribution in [2.24, 2.45) is 5.92 Å². The molecule has 0 N–H and O–H groups in total. The van der Waals surface area contributed by atoms with Gasteiger partial charge in [-0.25, -0.2) is 0 Å². The molecule has 0 amide bonds. The zero-order valence-corrected chi connectivity index (χ0v) is 12.1. The maximum absolute atomic E-state index is 3.33. The SMILES string of the molecule is CC(C)CN1Cc2ccccc2C#Cc2ccccc21. The van der Waals surface area contributed by atoms with E-state index in [1.807, 2.05) is 0 Å². The smallest absolute Gasteiger partial charge is 0.0528 e. The van der Waals surface area contributed by atoms with Crippen molar-refractivity contribution in [3.05, 3.63) is 65.2 Å². The van der Waals surface area contributed by atoms with Gasteiger partial charge < -0.3 is 4.90 Å². The molecule has 2 aromatic rings. The summed E-state index contributed by atoms with van der Waals surface area (Å²) < 4.78 is 0. The Kier molecular flexibility index (Phi) is 3.48. The van der Waals surface area contributed by atoms with Gasteiger partial charge in [0.1, 0.15) is 0 Å². The third-order valence-corrected chi connectivity index (χ3v) is 3.54. The average Bonchev–Trinajstić information content (AvgIpc) is 2.43. The summed E-state index contributed by atoms with van der Waals surface area (Å²) in [6.07, 6.45) is 0. The molecule has 2 aromatic carbocycles. The van der Waals surface area contributed by atoms with Crippen LogP contribution in [0.25, 0.3) is 0 Å². The first-order valence-electron chi connectivity index (χ1n) is 7.18. The molecule has 1 heterocycles. The van der Waals surface area contributed by atoms with Crippen LogP contribution in [0, 0.1) is 17.8 Å². The van der Waals surface area contributed by atoms with Gasteiger partial charge >= 0.3 is 0 Å². The third kappa shape index (κ3) is 2.56. The van der Waals surface area contributed by atoms with Gasteiger partial charge in [0.05, 0.1) is 5.69 Å². The van der Waals surface area contributed by atoms with Crippen molar-refractivity contribution in [2.45, 2.75) is 20.4 Å². The number of hydrogen-bond donors (Lipinski definition) is 0. The number of hydrogen-bond acceptors (Lipinski definition) is 1. The molecule has 0 bridgehead atoms. The lowest BCUT2D eigenvalue weighted by Crippen LogP contribution is -2.28. The van der Waals surface area contributed by atoms with E-state index in [2.05, 4.69) is 79.1 Å². The van der Waals surface area contributed by atoms with Crippen LogP contribution >= 0.6 is 0 Å². The van der Waals surface area contributed by atoms with Crippen LogP contribution < -0.4 is 4.90 Å². The molecule has 1 heteroatoms. The van der Waals surface area contributed by atoms with Gasteiger partial charge in [-0.1, -0.05) is 56.0 Å². The molecule has 0 saturated carbocycles. The maximum Gasteiger partial charge on any atom is 0.0528 e. The zero-order chi connectivity index (χ0) is 13.9. The summed E-state index contributed by atoms with van der Waals surface area (Å²) in [5.41, 5.74) is 4.84. The van der Waals surface area contributed by atoms with Gasteiger partial charge in [0.25, 0.3) is 0 Å². The summed E-state index contributed by atoms with van der Waals surface area (Å²) in [5.74, 6) is 7.28. The summed E-state index contributed by atoms with van der Waals surface area (Å²) in [6.45, 7) is 6.50. The monoisotopic (exact) mass is 261 g/mol. The van der Waals surface area contributed by atoms with Crippen molar-refractivity contribution in [3.8, 4) is 11.8 Å². The fourth-order valence-corrected chi connectivity index (χ4v) is 2.66. The van der Waals surface area contributed by atoms with Crippen LogP contribution in [0.5, 0.6) is 0 Å². The van der Waals surface area contributed by atoms with Crippen LogP contribution in [0.2, 0.25) is 0 Å². The highest BCUT2D eigenvalue weighted by molar-refractivity contribution is 5.64. The summed E-state index contributed by atoms with van der Waals surface area (Å²) in [6, 6.07) is 16.9. The summed E-state index contributed by atoms with van der Waals surface area (Å²) in [4.78, 5) is 2.45. The minimum absolute atomic E-state index is 0.627. The minimum atomic E-state index is 0.627. The second-order valence-corrected chi connectivity index (χ2v) is 5.70. The first-order chi connectivity index (χ1) is 9.74. The van der Waals surface area contributed by atoms with Gasteiger partial charge in [-0.3, -0.25) is 0 Å². The molecule has 3 rings (SSSR count). The number of rotatable bonds is 2. The van der Waals surface area contributed by atoms with Crippen molar-refractivity contribution in [3.63, 3.8) is 0 Å². The number of fused-ring (bicyclic) bond motifs is 2. The normalized spacial score (nSPS) is 12.8. The van der Waals surface area contributed by atoms with Gasteiger partial charge in [-0.2, -0.15) is 0 Å². The van der Waals surface area contributed by atoms with Gasteiger partial charge in [0.15, 0.2) is 0 Å². The molecule has 0 atom stereocenters. The molecule has 1 nitrogen and oxygen atoms in total. The molecule has 0 spiro atoms. The number of nitrogens with zero attached hydrogens (tertiary/aromatic N) is 1. The van der Waals surface area contributed by atoms with E-state index in [0.29, 0.717) is 5.92 Å². The van der Waals surface area contributed by atoms with Gasteiger partial charge in [0.2, 0.25) is 0 Å². The van der Waals surface area contributed by atoms with Crippen LogP contribution in [0.1, 0.15) is 30.5 Å². The van der Waals surface area contributed by atoms with Crippen LogP contribution in [-0.4, -0.2) is 6.54 Å². The van der Waals surface area contributed by atoms with E-state index in [1.165, 1.54) is 11.3 Å². The van der Waals surface area contributed by atoms with Crippen molar-refractivity contribution >= 4 is 5.69 Å². The summed E-state index contributed by atoms with van der Waals surface area (Å²) in [7, 11) is 0. The Balaban J connectivity index is 2.12. The molecule has 1 aliphatic heterocycles. The highest BCUT2D eigenvalue weighted by atomic mass is 15.1. The summed E-state index contributed by atoms with van der Waals surface area (Å²) in [5, 5.41) is 0. The molecular weight excluding hydrogens is 242 g/mol. The van der Waals surface area contributed by atoms with Crippen molar-refractivity contribution in [1.29, 1.82) is 0 Å². The van der Waals surface area contributed by atoms with Crippen LogP contribution in [0.15, 0.2) is 48.5 Å². The van der Waals surface area contributed by atoms with Gasteiger partial charge in [0, 0.05) is 24.2 Å². The molecule has 0 unspecified atom stereocenters. The molecule has 0 radical (unpaired) electrons. The minimum Gasteiger partial charge on any atom is -0.366 e. The fourth-order valence-electron chi connectivity index (χ4n) is 2.66. The molecule has 0 fully saturated rings. The molecule has 0 aromatic heterocycles. The predicted octanol–water partition coefficient (Wildman–Crippen LogP) is 4.06. The predicted molar refractivity (Wildman–Crippen MR) is 84.8 cm³/mol. The summed E-state index contributed by atoms with van der Waals surface area (Å²) >= 11 is 0. The molecule has 0 aliphatic carbocycles.